The van der Waals surface area contributed by atoms with Crippen LogP contribution in [0.15, 0.2) is 24.4 Å². The van der Waals surface area contributed by atoms with Crippen LogP contribution in [0.4, 0.5) is 0 Å². The van der Waals surface area contributed by atoms with Crippen LogP contribution in [0.25, 0.3) is 0 Å². The van der Waals surface area contributed by atoms with Gasteiger partial charge in [-0.1, -0.05) is 12.5 Å². The molecule has 0 spiro atoms. The lowest BCUT2D eigenvalue weighted by Gasteiger charge is -2.28. The molecule has 2 atom stereocenters. The number of rotatable bonds is 2. The first-order valence-electron chi connectivity index (χ1n) is 5.19. The minimum absolute atomic E-state index is 0.152. The smallest absolute Gasteiger partial charge is 0.213 e. The van der Waals surface area contributed by atoms with Gasteiger partial charge in [0.05, 0.1) is 0 Å². The Balaban J connectivity index is 1.96. The third-order valence-corrected chi connectivity index (χ3v) is 2.66. The third-order valence-electron chi connectivity index (χ3n) is 2.66. The molecule has 1 saturated carbocycles. The number of hydrogen-bond donors (Lipinski definition) is 1. The van der Waals surface area contributed by atoms with Gasteiger partial charge in [-0.15, -0.1) is 0 Å². The van der Waals surface area contributed by atoms with Crippen LogP contribution in [-0.2, 0) is 0 Å². The summed E-state index contributed by atoms with van der Waals surface area (Å²) >= 11 is 0. The maximum atomic E-state index is 5.97. The van der Waals surface area contributed by atoms with Gasteiger partial charge in [-0.2, -0.15) is 0 Å². The summed E-state index contributed by atoms with van der Waals surface area (Å²) in [6.45, 7) is 0. The molecule has 0 unspecified atom stereocenters. The van der Waals surface area contributed by atoms with Crippen LogP contribution in [-0.4, -0.2) is 17.1 Å². The van der Waals surface area contributed by atoms with Crippen molar-refractivity contribution >= 4 is 0 Å². The Morgan fingerprint density at radius 2 is 2.14 bits per heavy atom. The van der Waals surface area contributed by atoms with E-state index in [0.29, 0.717) is 5.88 Å². The van der Waals surface area contributed by atoms with Crippen LogP contribution < -0.4 is 10.5 Å². The minimum Gasteiger partial charge on any atom is -0.473 e. The SMILES string of the molecule is N[C@@H]1CCCC[C@H]1Oc1ccccn1. The number of hydrogen-bond acceptors (Lipinski definition) is 3. The van der Waals surface area contributed by atoms with E-state index in [4.69, 9.17) is 10.5 Å². The van der Waals surface area contributed by atoms with Gasteiger partial charge in [-0.25, -0.2) is 4.98 Å². The van der Waals surface area contributed by atoms with Gasteiger partial charge in [0.1, 0.15) is 6.10 Å². The maximum Gasteiger partial charge on any atom is 0.213 e. The summed E-state index contributed by atoms with van der Waals surface area (Å²) < 4.78 is 5.73. The van der Waals surface area contributed by atoms with E-state index < -0.39 is 0 Å². The lowest BCUT2D eigenvalue weighted by molar-refractivity contribution is 0.127. The highest BCUT2D eigenvalue weighted by Crippen LogP contribution is 2.21. The first kappa shape index (κ1) is 9.46. The molecule has 1 aliphatic rings. The van der Waals surface area contributed by atoms with Gasteiger partial charge in [0.25, 0.3) is 0 Å². The predicted molar refractivity (Wildman–Crippen MR) is 55.1 cm³/mol. The topological polar surface area (TPSA) is 48.1 Å². The highest BCUT2D eigenvalue weighted by Gasteiger charge is 2.23. The van der Waals surface area contributed by atoms with Crippen molar-refractivity contribution < 1.29 is 4.74 Å². The Morgan fingerprint density at radius 3 is 2.86 bits per heavy atom. The van der Waals surface area contributed by atoms with Gasteiger partial charge < -0.3 is 10.5 Å². The van der Waals surface area contributed by atoms with Crippen LogP contribution in [0, 0.1) is 0 Å². The van der Waals surface area contributed by atoms with Crippen LogP contribution in [0.3, 0.4) is 0 Å². The fourth-order valence-corrected chi connectivity index (χ4v) is 1.84. The zero-order valence-corrected chi connectivity index (χ0v) is 8.23. The second-order valence-electron chi connectivity index (χ2n) is 3.77. The van der Waals surface area contributed by atoms with Gasteiger partial charge >= 0.3 is 0 Å². The van der Waals surface area contributed by atoms with E-state index in [9.17, 15) is 0 Å². The van der Waals surface area contributed by atoms with Crippen molar-refractivity contribution in [3.63, 3.8) is 0 Å². The first-order valence-corrected chi connectivity index (χ1v) is 5.19. The second-order valence-corrected chi connectivity index (χ2v) is 3.77. The summed E-state index contributed by atoms with van der Waals surface area (Å²) in [7, 11) is 0. The van der Waals surface area contributed by atoms with E-state index in [1.807, 2.05) is 18.2 Å². The molecule has 0 aromatic carbocycles. The van der Waals surface area contributed by atoms with Gasteiger partial charge in [0.15, 0.2) is 0 Å². The fraction of sp³-hybridized carbons (Fsp3) is 0.545. The minimum atomic E-state index is 0.152. The predicted octanol–water partition coefficient (Wildman–Crippen LogP) is 1.73. The van der Waals surface area contributed by atoms with Crippen LogP contribution in [0.2, 0.25) is 0 Å². The molecule has 3 heteroatoms. The molecule has 2 rings (SSSR count). The Kier molecular flexibility index (Phi) is 2.99. The van der Waals surface area contributed by atoms with Crippen molar-refractivity contribution in [3.05, 3.63) is 24.4 Å². The van der Waals surface area contributed by atoms with E-state index in [1.165, 1.54) is 12.8 Å². The Hall–Kier alpha value is -1.09. The molecule has 0 bridgehead atoms. The third kappa shape index (κ3) is 2.23. The lowest BCUT2D eigenvalue weighted by Crippen LogP contribution is -2.41. The molecule has 0 radical (unpaired) electrons. The summed E-state index contributed by atoms with van der Waals surface area (Å²) in [5.41, 5.74) is 5.97. The monoisotopic (exact) mass is 192 g/mol. The van der Waals surface area contributed by atoms with Gasteiger partial charge in [0, 0.05) is 18.3 Å². The first-order chi connectivity index (χ1) is 6.86. The van der Waals surface area contributed by atoms with E-state index in [1.54, 1.807) is 6.20 Å². The Bertz CT molecular complexity index is 276. The molecule has 76 valence electrons. The van der Waals surface area contributed by atoms with Crippen molar-refractivity contribution in [2.24, 2.45) is 5.73 Å². The number of aromatic nitrogens is 1. The van der Waals surface area contributed by atoms with Gasteiger partial charge in [-0.3, -0.25) is 0 Å². The number of pyridine rings is 1. The fourth-order valence-electron chi connectivity index (χ4n) is 1.84. The van der Waals surface area contributed by atoms with Crippen LogP contribution in [0.5, 0.6) is 5.88 Å². The molecule has 0 aliphatic heterocycles. The molecule has 1 fully saturated rings. The molecule has 3 nitrogen and oxygen atoms in total. The standard InChI is InChI=1S/C11H16N2O/c12-9-5-1-2-6-10(9)14-11-7-3-4-8-13-11/h3-4,7-10H,1-2,5-6,12H2/t9-,10-/m1/s1. The number of ether oxygens (including phenoxy) is 1. The second kappa shape index (κ2) is 4.42. The van der Waals surface area contributed by atoms with Crippen molar-refractivity contribution in [2.45, 2.75) is 37.8 Å². The van der Waals surface area contributed by atoms with Gasteiger partial charge in [-0.05, 0) is 25.3 Å². The summed E-state index contributed by atoms with van der Waals surface area (Å²) in [6, 6.07) is 5.86. The average Bonchev–Trinajstić information content (AvgIpc) is 2.23. The largest absolute Gasteiger partial charge is 0.473 e. The van der Waals surface area contributed by atoms with Crippen molar-refractivity contribution in [3.8, 4) is 5.88 Å². The molecule has 1 aromatic heterocycles. The Labute approximate surface area is 84.3 Å². The van der Waals surface area contributed by atoms with Gasteiger partial charge in [0.2, 0.25) is 5.88 Å². The molecule has 1 aliphatic carbocycles. The zero-order chi connectivity index (χ0) is 9.80. The molecule has 1 heterocycles. The summed E-state index contributed by atoms with van der Waals surface area (Å²) in [5, 5.41) is 0. The van der Waals surface area contributed by atoms with Crippen molar-refractivity contribution in [1.82, 2.24) is 4.98 Å². The van der Waals surface area contributed by atoms with Crippen LogP contribution in [0.1, 0.15) is 25.7 Å². The summed E-state index contributed by atoms with van der Waals surface area (Å²) in [5.74, 6) is 0.690. The molecule has 14 heavy (non-hydrogen) atoms. The van der Waals surface area contributed by atoms with Crippen LogP contribution >= 0.6 is 0 Å². The summed E-state index contributed by atoms with van der Waals surface area (Å²) in [6.07, 6.45) is 6.45. The van der Waals surface area contributed by atoms with E-state index in [-0.39, 0.29) is 12.1 Å². The average molecular weight is 192 g/mol. The molecule has 2 N–H and O–H groups in total. The van der Waals surface area contributed by atoms with E-state index in [2.05, 4.69) is 4.98 Å². The Morgan fingerprint density at radius 1 is 1.29 bits per heavy atom. The van der Waals surface area contributed by atoms with E-state index >= 15 is 0 Å². The number of nitrogens with two attached hydrogens (primary N) is 1. The normalized spacial score (nSPS) is 27.2. The maximum absolute atomic E-state index is 5.97. The van der Waals surface area contributed by atoms with E-state index in [0.717, 1.165) is 12.8 Å². The van der Waals surface area contributed by atoms with Crippen molar-refractivity contribution in [2.75, 3.05) is 0 Å². The lowest BCUT2D eigenvalue weighted by atomic mass is 9.93. The number of nitrogens with zero attached hydrogens (tertiary/aromatic N) is 1. The molecular weight excluding hydrogens is 176 g/mol. The molecule has 0 amide bonds. The van der Waals surface area contributed by atoms with Crippen molar-refractivity contribution in [1.29, 1.82) is 0 Å². The molecular formula is C11H16N2O. The molecule has 0 saturated heterocycles. The quantitative estimate of drug-likeness (QED) is 0.776. The zero-order valence-electron chi connectivity index (χ0n) is 8.23. The highest BCUT2D eigenvalue weighted by molar-refractivity contribution is 5.10. The highest BCUT2D eigenvalue weighted by atomic mass is 16.5. The molecule has 1 aromatic rings. The summed E-state index contributed by atoms with van der Waals surface area (Å²) in [4.78, 5) is 4.13.